The van der Waals surface area contributed by atoms with Gasteiger partial charge >= 0.3 is 0 Å². The van der Waals surface area contributed by atoms with Gasteiger partial charge in [0.2, 0.25) is 0 Å². The summed E-state index contributed by atoms with van der Waals surface area (Å²) in [5.74, 6) is 1.03. The summed E-state index contributed by atoms with van der Waals surface area (Å²) in [6.07, 6.45) is 9.79. The maximum absolute atomic E-state index is 6.14. The Kier molecular flexibility index (Phi) is 13.6. The van der Waals surface area contributed by atoms with Crippen LogP contribution in [0.3, 0.4) is 0 Å². The third-order valence-corrected chi connectivity index (χ3v) is 5.95. The van der Waals surface area contributed by atoms with E-state index in [1.54, 1.807) is 0 Å². The zero-order chi connectivity index (χ0) is 20.2. The lowest BCUT2D eigenvalue weighted by Crippen LogP contribution is -2.47. The molecule has 3 fully saturated rings. The van der Waals surface area contributed by atoms with Crippen molar-refractivity contribution in [3.8, 4) is 0 Å². The number of likely N-dealkylation sites (tertiary alicyclic amines) is 1. The molecule has 3 aliphatic heterocycles. The highest BCUT2D eigenvalue weighted by atomic mass is 127. The van der Waals surface area contributed by atoms with Crippen molar-refractivity contribution >= 4 is 29.9 Å². The molecule has 7 nitrogen and oxygen atoms in total. The Morgan fingerprint density at radius 3 is 2.47 bits per heavy atom. The van der Waals surface area contributed by atoms with E-state index >= 15 is 0 Å². The molecule has 0 amide bonds. The standard InChI is InChI=1S/C22H41N3O4.HI/c1-2-23-22(24-11-5-15-27-20-9-16-26-17-10-20)25-12-7-19(8-13-25)29-18-21-6-3-4-14-28-21;/h19-21H,2-18H2,1H3,(H,23,24);1H. The van der Waals surface area contributed by atoms with Gasteiger partial charge in [-0.1, -0.05) is 0 Å². The van der Waals surface area contributed by atoms with Crippen LogP contribution in [0, 0.1) is 0 Å². The van der Waals surface area contributed by atoms with Crippen LogP contribution in [0.4, 0.5) is 0 Å². The van der Waals surface area contributed by atoms with Gasteiger partial charge in [-0.15, -0.1) is 24.0 Å². The van der Waals surface area contributed by atoms with Crippen LogP contribution in [-0.4, -0.2) is 88.4 Å². The van der Waals surface area contributed by atoms with Crippen molar-refractivity contribution in [3.63, 3.8) is 0 Å². The molecular weight excluding hydrogens is 497 g/mol. The zero-order valence-electron chi connectivity index (χ0n) is 18.7. The Labute approximate surface area is 199 Å². The lowest BCUT2D eigenvalue weighted by atomic mass is 10.1. The summed E-state index contributed by atoms with van der Waals surface area (Å²) < 4.78 is 23.3. The van der Waals surface area contributed by atoms with Gasteiger partial charge in [-0.05, 0) is 58.3 Å². The Hall–Kier alpha value is -0.160. The Bertz CT molecular complexity index is 463. The fourth-order valence-electron chi connectivity index (χ4n) is 4.18. The van der Waals surface area contributed by atoms with Crippen LogP contribution in [0.25, 0.3) is 0 Å². The zero-order valence-corrected chi connectivity index (χ0v) is 21.0. The predicted molar refractivity (Wildman–Crippen MR) is 130 cm³/mol. The SMILES string of the molecule is CCNC(=NCCCOC1CCOCC1)N1CCC(OCC2CCCCO2)CC1.I. The minimum absolute atomic E-state index is 0. The molecule has 30 heavy (non-hydrogen) atoms. The van der Waals surface area contributed by atoms with Crippen molar-refractivity contribution in [3.05, 3.63) is 0 Å². The summed E-state index contributed by atoms with van der Waals surface area (Å²) in [5.41, 5.74) is 0. The summed E-state index contributed by atoms with van der Waals surface area (Å²) >= 11 is 0. The second kappa shape index (κ2) is 15.6. The van der Waals surface area contributed by atoms with Crippen molar-refractivity contribution in [2.24, 2.45) is 4.99 Å². The van der Waals surface area contributed by atoms with E-state index in [1.165, 1.54) is 12.8 Å². The molecule has 0 bridgehead atoms. The summed E-state index contributed by atoms with van der Waals surface area (Å²) in [7, 11) is 0. The van der Waals surface area contributed by atoms with Crippen LogP contribution >= 0.6 is 24.0 Å². The maximum Gasteiger partial charge on any atom is 0.193 e. The lowest BCUT2D eigenvalue weighted by molar-refractivity contribution is -0.0721. The molecular formula is C22H42IN3O4. The first-order chi connectivity index (χ1) is 14.3. The number of rotatable bonds is 9. The van der Waals surface area contributed by atoms with Gasteiger partial charge in [0.1, 0.15) is 0 Å². The van der Waals surface area contributed by atoms with Gasteiger partial charge in [0.25, 0.3) is 0 Å². The van der Waals surface area contributed by atoms with E-state index < -0.39 is 0 Å². The summed E-state index contributed by atoms with van der Waals surface area (Å²) in [6.45, 7) is 9.94. The molecule has 0 aromatic rings. The first-order valence-electron chi connectivity index (χ1n) is 11.8. The van der Waals surface area contributed by atoms with E-state index in [1.807, 2.05) is 0 Å². The number of guanidine groups is 1. The van der Waals surface area contributed by atoms with Crippen LogP contribution < -0.4 is 5.32 Å². The molecule has 0 aromatic carbocycles. The highest BCUT2D eigenvalue weighted by molar-refractivity contribution is 14.0. The fraction of sp³-hybridized carbons (Fsp3) is 0.955. The molecule has 3 saturated heterocycles. The monoisotopic (exact) mass is 539 g/mol. The van der Waals surface area contributed by atoms with E-state index in [2.05, 4.69) is 17.1 Å². The Morgan fingerprint density at radius 2 is 1.77 bits per heavy atom. The van der Waals surface area contributed by atoms with E-state index in [0.29, 0.717) is 18.3 Å². The van der Waals surface area contributed by atoms with E-state index in [4.69, 9.17) is 23.9 Å². The number of nitrogens with one attached hydrogen (secondary N) is 1. The molecule has 0 aromatic heterocycles. The molecule has 1 N–H and O–H groups in total. The minimum atomic E-state index is 0. The summed E-state index contributed by atoms with van der Waals surface area (Å²) in [6, 6.07) is 0. The smallest absolute Gasteiger partial charge is 0.193 e. The van der Waals surface area contributed by atoms with Gasteiger partial charge in [0.15, 0.2) is 5.96 Å². The topological polar surface area (TPSA) is 64.6 Å². The fourth-order valence-corrected chi connectivity index (χ4v) is 4.18. The van der Waals surface area contributed by atoms with Gasteiger partial charge in [-0.3, -0.25) is 4.99 Å². The van der Waals surface area contributed by atoms with Gasteiger partial charge in [0.05, 0.1) is 24.9 Å². The molecule has 1 atom stereocenters. The number of hydrogen-bond donors (Lipinski definition) is 1. The first-order valence-corrected chi connectivity index (χ1v) is 11.8. The number of hydrogen-bond acceptors (Lipinski definition) is 5. The third-order valence-electron chi connectivity index (χ3n) is 5.95. The molecule has 176 valence electrons. The summed E-state index contributed by atoms with van der Waals surface area (Å²) in [4.78, 5) is 7.21. The molecule has 0 spiro atoms. The van der Waals surface area contributed by atoms with Gasteiger partial charge in [-0.2, -0.15) is 0 Å². The van der Waals surface area contributed by atoms with Crippen LogP contribution in [0.2, 0.25) is 0 Å². The number of ether oxygens (including phenoxy) is 4. The molecule has 0 radical (unpaired) electrons. The highest BCUT2D eigenvalue weighted by Gasteiger charge is 2.23. The average Bonchev–Trinajstić information content (AvgIpc) is 2.78. The van der Waals surface area contributed by atoms with Crippen molar-refractivity contribution in [2.75, 3.05) is 59.2 Å². The molecule has 0 saturated carbocycles. The number of nitrogens with zero attached hydrogens (tertiary/aromatic N) is 2. The quantitative estimate of drug-likeness (QED) is 0.210. The van der Waals surface area contributed by atoms with E-state index in [0.717, 1.165) is 104 Å². The number of aliphatic imine (C=N–C) groups is 1. The first kappa shape index (κ1) is 26.1. The third kappa shape index (κ3) is 9.54. The normalized spacial score (nSPS) is 24.5. The summed E-state index contributed by atoms with van der Waals surface area (Å²) in [5, 5.41) is 3.45. The van der Waals surface area contributed by atoms with Crippen LogP contribution in [0.5, 0.6) is 0 Å². The molecule has 3 aliphatic rings. The molecule has 1 unspecified atom stereocenters. The molecule has 8 heteroatoms. The van der Waals surface area contributed by atoms with Crippen LogP contribution in [0.1, 0.15) is 58.3 Å². The number of halogens is 1. The van der Waals surface area contributed by atoms with Crippen LogP contribution in [-0.2, 0) is 18.9 Å². The van der Waals surface area contributed by atoms with Crippen molar-refractivity contribution in [2.45, 2.75) is 76.6 Å². The van der Waals surface area contributed by atoms with Gasteiger partial charge in [0, 0.05) is 52.6 Å². The molecule has 3 heterocycles. The predicted octanol–water partition coefficient (Wildman–Crippen LogP) is 3.21. The largest absolute Gasteiger partial charge is 0.381 e. The Morgan fingerprint density at radius 1 is 1.00 bits per heavy atom. The van der Waals surface area contributed by atoms with E-state index in [-0.39, 0.29) is 24.0 Å². The molecule has 0 aliphatic carbocycles. The highest BCUT2D eigenvalue weighted by Crippen LogP contribution is 2.18. The van der Waals surface area contributed by atoms with Gasteiger partial charge in [-0.25, -0.2) is 0 Å². The second-order valence-corrected chi connectivity index (χ2v) is 8.28. The van der Waals surface area contributed by atoms with E-state index in [9.17, 15) is 0 Å². The second-order valence-electron chi connectivity index (χ2n) is 8.28. The average molecular weight is 539 g/mol. The van der Waals surface area contributed by atoms with Crippen molar-refractivity contribution < 1.29 is 18.9 Å². The molecule has 3 rings (SSSR count). The lowest BCUT2D eigenvalue weighted by Gasteiger charge is -2.35. The van der Waals surface area contributed by atoms with Crippen molar-refractivity contribution in [1.82, 2.24) is 10.2 Å². The minimum Gasteiger partial charge on any atom is -0.381 e. The van der Waals surface area contributed by atoms with Crippen LogP contribution in [0.15, 0.2) is 4.99 Å². The van der Waals surface area contributed by atoms with Crippen molar-refractivity contribution in [1.29, 1.82) is 0 Å². The Balaban J connectivity index is 0.00000320. The van der Waals surface area contributed by atoms with Gasteiger partial charge < -0.3 is 29.2 Å². The number of piperidine rings is 1. The maximum atomic E-state index is 6.14.